The third-order valence-corrected chi connectivity index (χ3v) is 7.22. The molecule has 0 bridgehead atoms. The van der Waals surface area contributed by atoms with Gasteiger partial charge in [0.2, 0.25) is 10.0 Å². The minimum Gasteiger partial charge on any atom is -0.465 e. The van der Waals surface area contributed by atoms with Crippen LogP contribution in [0.1, 0.15) is 52.0 Å². The van der Waals surface area contributed by atoms with Gasteiger partial charge < -0.3 is 10.1 Å². The molecule has 0 heterocycles. The van der Waals surface area contributed by atoms with Crippen LogP contribution >= 0.6 is 0 Å². The largest absolute Gasteiger partial charge is 0.465 e. The number of ether oxygens (including phenoxy) is 1. The maximum atomic E-state index is 13.2. The lowest BCUT2D eigenvalue weighted by Gasteiger charge is -2.22. The van der Waals surface area contributed by atoms with Crippen molar-refractivity contribution in [1.82, 2.24) is 9.62 Å². The molecule has 0 spiro atoms. The quantitative estimate of drug-likeness (QED) is 0.653. The summed E-state index contributed by atoms with van der Waals surface area (Å²) < 4.78 is 32.6. The summed E-state index contributed by atoms with van der Waals surface area (Å²) in [6.45, 7) is 0.232. The lowest BCUT2D eigenvalue weighted by Crippen LogP contribution is -2.32. The van der Waals surface area contributed by atoms with Crippen LogP contribution in [0.15, 0.2) is 53.4 Å². The standard InChI is InChI=1S/C22H24N2O5S/c1-29-22(26)17-6-12-20(13-7-17)30(27,28)24(19-10-11-19)14-15-2-4-16(5-3-15)21(25)23-18-8-9-18/h2-7,12-13,18-19H,8-11,14H2,1H3,(H,23,25). The minimum absolute atomic E-state index is 0.0341. The highest BCUT2D eigenvalue weighted by atomic mass is 32.2. The van der Waals surface area contributed by atoms with Crippen LogP contribution in [0.5, 0.6) is 0 Å². The molecule has 158 valence electrons. The molecular weight excluding hydrogens is 404 g/mol. The van der Waals surface area contributed by atoms with Gasteiger partial charge in [0.05, 0.1) is 17.6 Å². The van der Waals surface area contributed by atoms with Gasteiger partial charge in [0, 0.05) is 24.2 Å². The third kappa shape index (κ3) is 4.55. The second-order valence-electron chi connectivity index (χ2n) is 7.74. The second kappa shape index (κ2) is 8.20. The van der Waals surface area contributed by atoms with E-state index in [1.807, 2.05) is 0 Å². The van der Waals surface area contributed by atoms with E-state index in [1.54, 1.807) is 24.3 Å². The highest BCUT2D eigenvalue weighted by Crippen LogP contribution is 2.33. The van der Waals surface area contributed by atoms with E-state index in [0.29, 0.717) is 17.2 Å². The van der Waals surface area contributed by atoms with Crippen LogP contribution in [0.2, 0.25) is 0 Å². The van der Waals surface area contributed by atoms with Crippen LogP contribution in [0.3, 0.4) is 0 Å². The molecule has 0 atom stereocenters. The molecule has 2 fully saturated rings. The molecule has 1 amide bonds. The zero-order valence-electron chi connectivity index (χ0n) is 16.7. The van der Waals surface area contributed by atoms with Crippen molar-refractivity contribution >= 4 is 21.9 Å². The van der Waals surface area contributed by atoms with Crippen molar-refractivity contribution in [3.05, 3.63) is 65.2 Å². The fraction of sp³-hybridized carbons (Fsp3) is 0.364. The Balaban J connectivity index is 1.50. The normalized spacial score (nSPS) is 16.3. The van der Waals surface area contributed by atoms with Gasteiger partial charge in [-0.2, -0.15) is 4.31 Å². The number of rotatable bonds is 8. The number of carbonyl (C=O) groups excluding carboxylic acids is 2. The maximum Gasteiger partial charge on any atom is 0.337 e. The molecule has 1 N–H and O–H groups in total. The number of benzene rings is 2. The molecule has 0 aromatic heterocycles. The van der Waals surface area contributed by atoms with E-state index < -0.39 is 16.0 Å². The Bertz CT molecular complexity index is 1040. The van der Waals surface area contributed by atoms with Gasteiger partial charge >= 0.3 is 5.97 Å². The van der Waals surface area contributed by atoms with Gasteiger partial charge in [-0.15, -0.1) is 0 Å². The van der Waals surface area contributed by atoms with Gasteiger partial charge in [-0.05, 0) is 67.6 Å². The SMILES string of the molecule is COC(=O)c1ccc(S(=O)(=O)N(Cc2ccc(C(=O)NC3CC3)cc2)C2CC2)cc1. The maximum absolute atomic E-state index is 13.2. The molecule has 0 unspecified atom stereocenters. The number of nitrogens with zero attached hydrogens (tertiary/aromatic N) is 1. The lowest BCUT2D eigenvalue weighted by atomic mass is 10.1. The highest BCUT2D eigenvalue weighted by molar-refractivity contribution is 7.89. The molecule has 0 saturated heterocycles. The predicted octanol–water partition coefficient (Wildman–Crippen LogP) is 2.72. The Morgan fingerprint density at radius 2 is 1.57 bits per heavy atom. The molecule has 4 rings (SSSR count). The summed E-state index contributed by atoms with van der Waals surface area (Å²) in [6, 6.07) is 13.1. The van der Waals surface area contributed by atoms with Crippen molar-refractivity contribution in [3.8, 4) is 0 Å². The summed E-state index contributed by atoms with van der Waals surface area (Å²) in [6.07, 6.45) is 3.69. The Labute approximate surface area is 176 Å². The van der Waals surface area contributed by atoms with Crippen molar-refractivity contribution in [3.63, 3.8) is 0 Å². The molecule has 2 aromatic rings. The van der Waals surface area contributed by atoms with E-state index in [4.69, 9.17) is 0 Å². The summed E-state index contributed by atoms with van der Waals surface area (Å²) in [4.78, 5) is 23.9. The van der Waals surface area contributed by atoms with Crippen molar-refractivity contribution in [2.24, 2.45) is 0 Å². The molecule has 8 heteroatoms. The number of hydrogen-bond acceptors (Lipinski definition) is 5. The minimum atomic E-state index is -3.72. The van der Waals surface area contributed by atoms with Gasteiger partial charge in [0.25, 0.3) is 5.91 Å². The Hall–Kier alpha value is -2.71. The average molecular weight is 429 g/mol. The monoisotopic (exact) mass is 428 g/mol. The van der Waals surface area contributed by atoms with Crippen LogP contribution < -0.4 is 5.32 Å². The van der Waals surface area contributed by atoms with Gasteiger partial charge in [0.1, 0.15) is 0 Å². The summed E-state index contributed by atoms with van der Waals surface area (Å²) in [5.74, 6) is -0.606. The van der Waals surface area contributed by atoms with Gasteiger partial charge in [-0.25, -0.2) is 13.2 Å². The molecule has 2 aliphatic rings. The Morgan fingerprint density at radius 3 is 2.10 bits per heavy atom. The van der Waals surface area contributed by atoms with Crippen LogP contribution in [-0.2, 0) is 21.3 Å². The Morgan fingerprint density at radius 1 is 0.967 bits per heavy atom. The fourth-order valence-corrected chi connectivity index (χ4v) is 4.90. The highest BCUT2D eigenvalue weighted by Gasteiger charge is 2.38. The van der Waals surface area contributed by atoms with Crippen LogP contribution in [0, 0.1) is 0 Å². The van der Waals surface area contributed by atoms with E-state index >= 15 is 0 Å². The number of carbonyl (C=O) groups is 2. The first kappa shape index (κ1) is 20.6. The van der Waals surface area contributed by atoms with E-state index in [1.165, 1.54) is 35.7 Å². The molecule has 2 saturated carbocycles. The third-order valence-electron chi connectivity index (χ3n) is 5.30. The van der Waals surface area contributed by atoms with Crippen LogP contribution in [0.25, 0.3) is 0 Å². The molecular formula is C22H24N2O5S. The summed E-state index contributed by atoms with van der Waals surface area (Å²) >= 11 is 0. The zero-order chi connectivity index (χ0) is 21.3. The molecule has 7 nitrogen and oxygen atoms in total. The van der Waals surface area contributed by atoms with Crippen LogP contribution in [-0.4, -0.2) is 43.8 Å². The molecule has 2 aliphatic carbocycles. The zero-order valence-corrected chi connectivity index (χ0v) is 17.5. The van der Waals surface area contributed by atoms with E-state index in [0.717, 1.165) is 31.2 Å². The number of nitrogens with one attached hydrogen (secondary N) is 1. The smallest absolute Gasteiger partial charge is 0.337 e. The van der Waals surface area contributed by atoms with Crippen molar-refractivity contribution < 1.29 is 22.7 Å². The number of methoxy groups -OCH3 is 1. The summed E-state index contributed by atoms with van der Waals surface area (Å²) in [7, 11) is -2.44. The topological polar surface area (TPSA) is 92.8 Å². The predicted molar refractivity (Wildman–Crippen MR) is 110 cm³/mol. The first-order valence-corrected chi connectivity index (χ1v) is 11.4. The van der Waals surface area contributed by atoms with E-state index in [-0.39, 0.29) is 23.4 Å². The molecule has 0 radical (unpaired) electrons. The summed E-state index contributed by atoms with van der Waals surface area (Å²) in [5.41, 5.74) is 1.69. The fourth-order valence-electron chi connectivity index (χ4n) is 3.23. The van der Waals surface area contributed by atoms with Gasteiger partial charge in [0.15, 0.2) is 0 Å². The van der Waals surface area contributed by atoms with E-state index in [2.05, 4.69) is 10.1 Å². The number of sulfonamides is 1. The first-order valence-electron chi connectivity index (χ1n) is 9.98. The molecule has 0 aliphatic heterocycles. The second-order valence-corrected chi connectivity index (χ2v) is 9.63. The first-order chi connectivity index (χ1) is 14.4. The van der Waals surface area contributed by atoms with Gasteiger partial charge in [-0.3, -0.25) is 4.79 Å². The molecule has 30 heavy (non-hydrogen) atoms. The van der Waals surface area contributed by atoms with Crippen molar-refractivity contribution in [2.45, 2.75) is 49.2 Å². The van der Waals surface area contributed by atoms with Crippen molar-refractivity contribution in [1.29, 1.82) is 0 Å². The Kier molecular flexibility index (Phi) is 5.62. The van der Waals surface area contributed by atoms with Gasteiger partial charge in [-0.1, -0.05) is 12.1 Å². The number of amides is 1. The summed E-state index contributed by atoms with van der Waals surface area (Å²) in [5, 5.41) is 2.94. The average Bonchev–Trinajstić information content (AvgIpc) is 3.67. The van der Waals surface area contributed by atoms with Crippen molar-refractivity contribution in [2.75, 3.05) is 7.11 Å². The number of esters is 1. The van der Waals surface area contributed by atoms with Crippen LogP contribution in [0.4, 0.5) is 0 Å². The lowest BCUT2D eigenvalue weighted by molar-refractivity contribution is 0.0600. The molecule has 2 aromatic carbocycles. The number of hydrogen-bond donors (Lipinski definition) is 1. The van der Waals surface area contributed by atoms with E-state index in [9.17, 15) is 18.0 Å².